The molecule has 1 amide bonds. The van der Waals surface area contributed by atoms with E-state index in [9.17, 15) is 9.18 Å². The molecule has 1 heterocycles. The Hall–Kier alpha value is -1.93. The van der Waals surface area contributed by atoms with E-state index in [-0.39, 0.29) is 11.5 Å². The van der Waals surface area contributed by atoms with Crippen molar-refractivity contribution in [3.05, 3.63) is 29.1 Å². The number of hydrogen-bond acceptors (Lipinski definition) is 3. The predicted molar refractivity (Wildman–Crippen MR) is 79.3 cm³/mol. The lowest BCUT2D eigenvalue weighted by Crippen LogP contribution is -2.28. The maximum atomic E-state index is 13.6. The number of rotatable bonds is 4. The number of anilines is 1. The first kappa shape index (κ1) is 15.5. The van der Waals surface area contributed by atoms with Crippen molar-refractivity contribution in [2.75, 3.05) is 18.4 Å². The fraction of sp³-hybridized carbons (Fsp3) is 0.500. The molecular weight excluding hydrogens is 269 g/mol. The van der Waals surface area contributed by atoms with E-state index in [2.05, 4.69) is 10.6 Å². The van der Waals surface area contributed by atoms with Crippen molar-refractivity contribution in [3.8, 4) is 6.07 Å². The molecule has 1 saturated heterocycles. The molecule has 2 N–H and O–H groups in total. The molecule has 4 nitrogen and oxygen atoms in total. The van der Waals surface area contributed by atoms with E-state index in [1.165, 1.54) is 12.1 Å². The summed E-state index contributed by atoms with van der Waals surface area (Å²) in [5, 5.41) is 14.9. The first-order valence-electron chi connectivity index (χ1n) is 7.31. The van der Waals surface area contributed by atoms with Crippen LogP contribution in [0.4, 0.5) is 10.1 Å². The normalized spacial score (nSPS) is 15.5. The summed E-state index contributed by atoms with van der Waals surface area (Å²) in [6, 6.07) is 4.59. The lowest BCUT2D eigenvalue weighted by Gasteiger charge is -2.22. The molecule has 0 bridgehead atoms. The predicted octanol–water partition coefficient (Wildman–Crippen LogP) is 2.72. The van der Waals surface area contributed by atoms with Crippen LogP contribution in [-0.4, -0.2) is 19.0 Å². The van der Waals surface area contributed by atoms with E-state index in [4.69, 9.17) is 5.26 Å². The zero-order valence-corrected chi connectivity index (χ0v) is 12.2. The van der Waals surface area contributed by atoms with Crippen molar-refractivity contribution in [3.63, 3.8) is 0 Å². The van der Waals surface area contributed by atoms with E-state index < -0.39 is 5.82 Å². The lowest BCUT2D eigenvalue weighted by molar-refractivity contribution is -0.116. The number of hydrogen-bond donors (Lipinski definition) is 2. The minimum atomic E-state index is -0.470. The average molecular weight is 289 g/mol. The molecule has 1 aromatic rings. The Morgan fingerprint density at radius 3 is 2.86 bits per heavy atom. The number of amides is 1. The molecule has 1 aliphatic heterocycles. The van der Waals surface area contributed by atoms with Gasteiger partial charge in [0.05, 0.1) is 11.6 Å². The van der Waals surface area contributed by atoms with Crippen molar-refractivity contribution in [1.29, 1.82) is 5.26 Å². The molecule has 21 heavy (non-hydrogen) atoms. The van der Waals surface area contributed by atoms with Gasteiger partial charge in [-0.15, -0.1) is 0 Å². The second-order valence-corrected chi connectivity index (χ2v) is 5.52. The molecular formula is C16H20FN3O. The largest absolute Gasteiger partial charge is 0.326 e. The fourth-order valence-electron chi connectivity index (χ4n) is 2.59. The van der Waals surface area contributed by atoms with E-state index in [0.29, 0.717) is 23.6 Å². The van der Waals surface area contributed by atoms with Crippen LogP contribution in [0.2, 0.25) is 0 Å². The summed E-state index contributed by atoms with van der Waals surface area (Å²) in [7, 11) is 0. The smallest absolute Gasteiger partial charge is 0.224 e. The number of nitrogens with zero attached hydrogens (tertiary/aromatic N) is 1. The highest BCUT2D eigenvalue weighted by Gasteiger charge is 2.15. The number of carbonyl (C=O) groups excluding carboxylic acids is 1. The third kappa shape index (κ3) is 4.27. The van der Waals surface area contributed by atoms with Crippen LogP contribution >= 0.6 is 0 Å². The Morgan fingerprint density at radius 1 is 1.48 bits per heavy atom. The third-order valence-electron chi connectivity index (χ3n) is 3.99. The van der Waals surface area contributed by atoms with Crippen molar-refractivity contribution in [2.24, 2.45) is 5.92 Å². The van der Waals surface area contributed by atoms with Crippen molar-refractivity contribution in [1.82, 2.24) is 5.32 Å². The van der Waals surface area contributed by atoms with Gasteiger partial charge in [0.1, 0.15) is 5.82 Å². The van der Waals surface area contributed by atoms with Gasteiger partial charge in [-0.05, 0) is 57.3 Å². The Bertz CT molecular complexity index is 559. The maximum absolute atomic E-state index is 13.6. The first-order valence-corrected chi connectivity index (χ1v) is 7.31. The summed E-state index contributed by atoms with van der Waals surface area (Å²) >= 11 is 0. The van der Waals surface area contributed by atoms with Crippen LogP contribution in [-0.2, 0) is 4.79 Å². The Labute approximate surface area is 124 Å². The maximum Gasteiger partial charge on any atom is 0.224 e. The molecule has 0 unspecified atom stereocenters. The van der Waals surface area contributed by atoms with Gasteiger partial charge in [0, 0.05) is 17.7 Å². The van der Waals surface area contributed by atoms with Crippen LogP contribution < -0.4 is 10.6 Å². The number of carbonyl (C=O) groups is 1. The van der Waals surface area contributed by atoms with Crippen LogP contribution in [0.1, 0.15) is 36.8 Å². The van der Waals surface area contributed by atoms with Gasteiger partial charge in [-0.1, -0.05) is 0 Å². The first-order chi connectivity index (χ1) is 10.1. The number of nitriles is 1. The minimum Gasteiger partial charge on any atom is -0.326 e. The number of benzene rings is 1. The van der Waals surface area contributed by atoms with Gasteiger partial charge in [-0.2, -0.15) is 5.26 Å². The summed E-state index contributed by atoms with van der Waals surface area (Å²) < 4.78 is 13.6. The van der Waals surface area contributed by atoms with Gasteiger partial charge in [0.15, 0.2) is 0 Å². The summed E-state index contributed by atoms with van der Waals surface area (Å²) in [4.78, 5) is 12.0. The lowest BCUT2D eigenvalue weighted by atomic mass is 9.93. The standard InChI is InChI=1S/C16H20FN3O/c1-11-14(17)8-13(10-18)9-15(11)20-16(21)3-2-12-4-6-19-7-5-12/h8-9,12,19H,2-7H2,1H3,(H,20,21). The van der Waals surface area contributed by atoms with Gasteiger partial charge >= 0.3 is 0 Å². The van der Waals surface area contributed by atoms with E-state index in [0.717, 1.165) is 32.4 Å². The number of halogens is 1. The monoisotopic (exact) mass is 289 g/mol. The van der Waals surface area contributed by atoms with Crippen molar-refractivity contribution >= 4 is 11.6 Å². The highest BCUT2D eigenvalue weighted by molar-refractivity contribution is 5.91. The average Bonchev–Trinajstić information content (AvgIpc) is 2.50. The second kappa shape index (κ2) is 7.19. The molecule has 5 heteroatoms. The molecule has 1 fully saturated rings. The zero-order chi connectivity index (χ0) is 15.2. The quantitative estimate of drug-likeness (QED) is 0.895. The number of piperidine rings is 1. The van der Waals surface area contributed by atoms with E-state index >= 15 is 0 Å². The molecule has 112 valence electrons. The molecule has 0 spiro atoms. The SMILES string of the molecule is Cc1c(F)cc(C#N)cc1NC(=O)CCC1CCNCC1. The van der Waals surface area contributed by atoms with E-state index in [1.807, 2.05) is 6.07 Å². The highest BCUT2D eigenvalue weighted by atomic mass is 19.1. The van der Waals surface area contributed by atoms with Crippen molar-refractivity contribution in [2.45, 2.75) is 32.6 Å². The van der Waals surface area contributed by atoms with Crippen LogP contribution in [0.3, 0.4) is 0 Å². The fourth-order valence-corrected chi connectivity index (χ4v) is 2.59. The van der Waals surface area contributed by atoms with Gasteiger partial charge in [0.25, 0.3) is 0 Å². The van der Waals surface area contributed by atoms with Crippen LogP contribution in [0, 0.1) is 30.0 Å². The molecule has 0 saturated carbocycles. The Morgan fingerprint density at radius 2 is 2.19 bits per heavy atom. The molecule has 1 aliphatic rings. The summed E-state index contributed by atoms with van der Waals surface area (Å²) in [6.07, 6.45) is 3.49. The van der Waals surface area contributed by atoms with Gasteiger partial charge < -0.3 is 10.6 Å². The highest BCUT2D eigenvalue weighted by Crippen LogP contribution is 2.22. The molecule has 1 aromatic carbocycles. The van der Waals surface area contributed by atoms with Crippen LogP contribution in [0.15, 0.2) is 12.1 Å². The van der Waals surface area contributed by atoms with Crippen molar-refractivity contribution < 1.29 is 9.18 Å². The van der Waals surface area contributed by atoms with Crippen LogP contribution in [0.25, 0.3) is 0 Å². The third-order valence-corrected chi connectivity index (χ3v) is 3.99. The number of nitrogens with one attached hydrogen (secondary N) is 2. The molecule has 2 rings (SSSR count). The molecule has 0 atom stereocenters. The van der Waals surface area contributed by atoms with Crippen LogP contribution in [0.5, 0.6) is 0 Å². The summed E-state index contributed by atoms with van der Waals surface area (Å²) in [6.45, 7) is 3.63. The van der Waals surface area contributed by atoms with Gasteiger partial charge in [-0.3, -0.25) is 4.79 Å². The Kier molecular flexibility index (Phi) is 5.29. The summed E-state index contributed by atoms with van der Waals surface area (Å²) in [5.74, 6) is -0.00546. The summed E-state index contributed by atoms with van der Waals surface area (Å²) in [5.41, 5.74) is 0.970. The zero-order valence-electron chi connectivity index (χ0n) is 12.2. The second-order valence-electron chi connectivity index (χ2n) is 5.52. The van der Waals surface area contributed by atoms with E-state index in [1.54, 1.807) is 6.92 Å². The molecule has 0 aromatic heterocycles. The van der Waals surface area contributed by atoms with Gasteiger partial charge in [-0.25, -0.2) is 4.39 Å². The molecule has 0 aliphatic carbocycles. The Balaban J connectivity index is 1.93. The van der Waals surface area contributed by atoms with Gasteiger partial charge in [0.2, 0.25) is 5.91 Å². The molecule has 0 radical (unpaired) electrons. The minimum absolute atomic E-state index is 0.119. The topological polar surface area (TPSA) is 64.9 Å².